The van der Waals surface area contributed by atoms with Crippen LogP contribution in [0.3, 0.4) is 0 Å². The minimum atomic E-state index is -0.634. The summed E-state index contributed by atoms with van der Waals surface area (Å²) in [6.45, 7) is 1.93. The Balaban J connectivity index is 1.17. The quantitative estimate of drug-likeness (QED) is 0.150. The molecule has 5 heterocycles. The minimum Gasteiger partial charge on any atom is -0.466 e. The van der Waals surface area contributed by atoms with Gasteiger partial charge in [0.05, 0.1) is 16.8 Å². The smallest absolute Gasteiger partial charge is 0.376 e. The lowest BCUT2D eigenvalue weighted by Crippen LogP contribution is -2.62. The number of nitrogens with zero attached hydrogens (tertiary/aromatic N) is 2. The molecule has 0 saturated heterocycles. The zero-order valence-electron chi connectivity index (χ0n) is 36.5. The van der Waals surface area contributed by atoms with Crippen LogP contribution in [0.15, 0.2) is 215 Å². The molecular weight excluding hydrogens is 803 g/mol. The highest BCUT2D eigenvalue weighted by molar-refractivity contribution is 6.93. The molecule has 0 fully saturated rings. The average Bonchev–Trinajstić information content (AvgIpc) is 3.96. The third kappa shape index (κ3) is 5.00. The van der Waals surface area contributed by atoms with Gasteiger partial charge in [-0.1, -0.05) is 177 Å². The molecule has 0 spiro atoms. The van der Waals surface area contributed by atoms with Crippen molar-refractivity contribution in [1.82, 2.24) is 0 Å². The standard InChI is InChI=1S/C61H43BN2O2/c1-2-3-20-39-35-36-50(46(37-39)40-21-7-4-8-22-40)63-52-38-47-43-27-13-17-33-53(43)65-59(47)55-45-29-19-31-49-57(45)64(62(56(52)55)60-58(63)44-28-14-18-34-54(44)66-60)51-32-16-15-30-48(51)61(49,41-23-9-5-10-24-41)42-25-11-6-12-26-42/h4-19,21-38H,2-3,20H2,1H3. The molecule has 3 aliphatic rings. The number of aryl methyl sites for hydroxylation is 1. The predicted octanol–water partition coefficient (Wildman–Crippen LogP) is 14.7. The van der Waals surface area contributed by atoms with Crippen LogP contribution in [0.5, 0.6) is 0 Å². The Morgan fingerprint density at radius 3 is 1.91 bits per heavy atom. The molecule has 0 amide bonds. The Morgan fingerprint density at radius 1 is 0.500 bits per heavy atom. The monoisotopic (exact) mass is 846 g/mol. The van der Waals surface area contributed by atoms with Gasteiger partial charge in [-0.25, -0.2) is 0 Å². The number of anilines is 5. The molecule has 11 aromatic rings. The number of benzene rings is 9. The Kier molecular flexibility index (Phi) is 8.06. The summed E-state index contributed by atoms with van der Waals surface area (Å²) in [5, 5.41) is 3.28. The van der Waals surface area contributed by atoms with Crippen molar-refractivity contribution in [2.45, 2.75) is 31.6 Å². The first-order chi connectivity index (χ1) is 32.7. The molecule has 0 atom stereocenters. The fourth-order valence-electron chi connectivity index (χ4n) is 12.0. The van der Waals surface area contributed by atoms with Gasteiger partial charge in [-0.15, -0.1) is 0 Å². The molecule has 312 valence electrons. The first-order valence-electron chi connectivity index (χ1n) is 23.4. The highest BCUT2D eigenvalue weighted by Crippen LogP contribution is 2.61. The summed E-state index contributed by atoms with van der Waals surface area (Å²) < 4.78 is 14.6. The molecule has 5 heteroatoms. The van der Waals surface area contributed by atoms with Crippen molar-refractivity contribution < 1.29 is 8.83 Å². The van der Waals surface area contributed by atoms with Crippen molar-refractivity contribution in [2.75, 3.05) is 9.71 Å². The number of hydrogen-bond acceptors (Lipinski definition) is 4. The van der Waals surface area contributed by atoms with Gasteiger partial charge in [0.2, 0.25) is 0 Å². The Labute approximate surface area is 384 Å². The number of furan rings is 2. The molecule has 0 aliphatic carbocycles. The Hall–Kier alpha value is -8.02. The van der Waals surface area contributed by atoms with E-state index in [0.717, 1.165) is 91.7 Å². The van der Waals surface area contributed by atoms with Gasteiger partial charge in [0, 0.05) is 49.9 Å². The number of fused-ring (bicyclic) bond motifs is 12. The van der Waals surface area contributed by atoms with Gasteiger partial charge in [-0.2, -0.15) is 0 Å². The van der Waals surface area contributed by atoms with Crippen LogP contribution in [0.4, 0.5) is 28.4 Å². The molecule has 0 radical (unpaired) electrons. The minimum absolute atomic E-state index is 0.338. The molecule has 0 N–H and O–H groups in total. The van der Waals surface area contributed by atoms with Gasteiger partial charge in [-0.05, 0) is 94.1 Å². The average molecular weight is 847 g/mol. The van der Waals surface area contributed by atoms with Crippen LogP contribution in [-0.2, 0) is 11.8 Å². The van der Waals surface area contributed by atoms with E-state index in [1.54, 1.807) is 0 Å². The van der Waals surface area contributed by atoms with Crippen LogP contribution in [0.2, 0.25) is 0 Å². The van der Waals surface area contributed by atoms with Gasteiger partial charge in [-0.3, -0.25) is 0 Å². The Bertz CT molecular complexity index is 3680. The molecule has 4 nitrogen and oxygen atoms in total. The lowest BCUT2D eigenvalue weighted by Gasteiger charge is -2.52. The summed E-state index contributed by atoms with van der Waals surface area (Å²) in [6.07, 6.45) is 3.31. The summed E-state index contributed by atoms with van der Waals surface area (Å²) in [5.41, 5.74) is 20.6. The van der Waals surface area contributed by atoms with Crippen molar-refractivity contribution in [2.24, 2.45) is 0 Å². The van der Waals surface area contributed by atoms with E-state index in [2.05, 4.69) is 223 Å². The molecule has 0 bridgehead atoms. The van der Waals surface area contributed by atoms with Gasteiger partial charge >= 0.3 is 6.85 Å². The van der Waals surface area contributed by atoms with E-state index in [1.807, 2.05) is 0 Å². The summed E-state index contributed by atoms with van der Waals surface area (Å²) in [6, 6.07) is 75.9. The summed E-state index contributed by atoms with van der Waals surface area (Å²) >= 11 is 0. The number of unbranched alkanes of at least 4 members (excludes halogenated alkanes) is 1. The molecule has 14 rings (SSSR count). The van der Waals surface area contributed by atoms with Crippen LogP contribution < -0.4 is 20.8 Å². The molecule has 9 aromatic carbocycles. The lowest BCUT2D eigenvalue weighted by atomic mass is 9.44. The molecule has 0 unspecified atom stereocenters. The van der Waals surface area contributed by atoms with E-state index in [0.29, 0.717) is 0 Å². The maximum atomic E-state index is 7.42. The second kappa shape index (κ2) is 14.2. The van der Waals surface area contributed by atoms with Crippen LogP contribution >= 0.6 is 0 Å². The second-order valence-electron chi connectivity index (χ2n) is 18.1. The predicted molar refractivity (Wildman–Crippen MR) is 273 cm³/mol. The zero-order chi connectivity index (χ0) is 43.5. The molecule has 66 heavy (non-hydrogen) atoms. The molecule has 0 saturated carbocycles. The van der Waals surface area contributed by atoms with Gasteiger partial charge < -0.3 is 18.5 Å². The molecular formula is C61H43BN2O2. The van der Waals surface area contributed by atoms with E-state index in [4.69, 9.17) is 8.83 Å². The van der Waals surface area contributed by atoms with Crippen molar-refractivity contribution in [3.63, 3.8) is 0 Å². The SMILES string of the molecule is CCCCc1ccc(N2c3cc4c(oc5ccccc54)c4c3B(c3oc5ccccc5c32)N2c3ccccc3C(c3ccccc3)(c3ccccc3)c3cccc-4c32)c(-c2ccccc2)c1. The van der Waals surface area contributed by atoms with Gasteiger partial charge in [0.1, 0.15) is 22.4 Å². The van der Waals surface area contributed by atoms with Crippen LogP contribution in [0.1, 0.15) is 47.6 Å². The van der Waals surface area contributed by atoms with E-state index in [-0.39, 0.29) is 6.85 Å². The number of rotatable bonds is 7. The van der Waals surface area contributed by atoms with Crippen molar-refractivity contribution >= 4 is 79.3 Å². The molecule has 3 aliphatic heterocycles. The highest BCUT2D eigenvalue weighted by Gasteiger charge is 2.56. The van der Waals surface area contributed by atoms with E-state index < -0.39 is 5.41 Å². The van der Waals surface area contributed by atoms with Gasteiger partial charge in [0.25, 0.3) is 0 Å². The normalized spacial score (nSPS) is 14.0. The largest absolute Gasteiger partial charge is 0.466 e. The van der Waals surface area contributed by atoms with E-state index in [9.17, 15) is 0 Å². The van der Waals surface area contributed by atoms with Crippen molar-refractivity contribution in [1.29, 1.82) is 0 Å². The zero-order valence-corrected chi connectivity index (χ0v) is 36.5. The number of hydrogen-bond donors (Lipinski definition) is 0. The first-order valence-corrected chi connectivity index (χ1v) is 23.4. The highest BCUT2D eigenvalue weighted by atomic mass is 16.3. The summed E-state index contributed by atoms with van der Waals surface area (Å²) in [4.78, 5) is 5.15. The maximum Gasteiger partial charge on any atom is 0.376 e. The van der Waals surface area contributed by atoms with Crippen molar-refractivity contribution in [3.8, 4) is 22.3 Å². The fraction of sp³-hybridized carbons (Fsp3) is 0.0820. The second-order valence-corrected chi connectivity index (χ2v) is 18.1. The van der Waals surface area contributed by atoms with Gasteiger partial charge in [0.15, 0.2) is 0 Å². The lowest BCUT2D eigenvalue weighted by molar-refractivity contribution is 0.649. The van der Waals surface area contributed by atoms with E-state index in [1.165, 1.54) is 50.1 Å². The Morgan fingerprint density at radius 2 is 1.15 bits per heavy atom. The summed E-state index contributed by atoms with van der Waals surface area (Å²) in [5.74, 6) is 0. The van der Waals surface area contributed by atoms with E-state index >= 15 is 0 Å². The third-order valence-corrected chi connectivity index (χ3v) is 14.7. The van der Waals surface area contributed by atoms with Crippen molar-refractivity contribution in [3.05, 3.63) is 234 Å². The fourth-order valence-corrected chi connectivity index (χ4v) is 12.0. The van der Waals surface area contributed by atoms with Crippen LogP contribution in [0.25, 0.3) is 55.2 Å². The summed E-state index contributed by atoms with van der Waals surface area (Å²) in [7, 11) is 0. The number of para-hydroxylation sites is 4. The topological polar surface area (TPSA) is 32.8 Å². The molecule has 2 aromatic heterocycles. The first kappa shape index (κ1) is 37.4. The van der Waals surface area contributed by atoms with Crippen LogP contribution in [0, 0.1) is 0 Å². The van der Waals surface area contributed by atoms with Crippen LogP contribution in [-0.4, -0.2) is 6.85 Å². The maximum absolute atomic E-state index is 7.42. The third-order valence-electron chi connectivity index (χ3n) is 14.7.